The zero-order valence-electron chi connectivity index (χ0n) is 14.0. The Labute approximate surface area is 154 Å². The first-order valence-electron chi connectivity index (χ1n) is 9.05. The summed E-state index contributed by atoms with van der Waals surface area (Å²) in [4.78, 5) is 17.5. The van der Waals surface area contributed by atoms with Crippen LogP contribution in [0.25, 0.3) is 0 Å². The van der Waals surface area contributed by atoms with Crippen molar-refractivity contribution in [3.63, 3.8) is 0 Å². The standard InChI is InChI=1S/C19H25NO2S.ClH/c21-18(22-14-7-3-1-2-4-8-14)15-13-23-19-11-6-5-9-17(19)20-12-10-16(15)19;/h5-6,9,11,14-16H,1-4,7-8,10,12-13H2;1H. The minimum atomic E-state index is -0.0693. The fourth-order valence-electron chi connectivity index (χ4n) is 4.51. The van der Waals surface area contributed by atoms with Crippen molar-refractivity contribution in [2.75, 3.05) is 12.3 Å². The molecule has 2 heterocycles. The van der Waals surface area contributed by atoms with Crippen molar-refractivity contribution in [2.45, 2.75) is 55.8 Å². The first-order valence-corrected chi connectivity index (χ1v) is 10.0. The summed E-state index contributed by atoms with van der Waals surface area (Å²) in [6.07, 6.45) is 16.8. The van der Waals surface area contributed by atoms with Crippen LogP contribution in [0.4, 0.5) is 0 Å². The van der Waals surface area contributed by atoms with E-state index in [1.54, 1.807) is 0 Å². The lowest BCUT2D eigenvalue weighted by molar-refractivity contribution is -0.155. The van der Waals surface area contributed by atoms with Crippen molar-refractivity contribution in [3.05, 3.63) is 24.3 Å². The minimum absolute atomic E-state index is 0. The zero-order valence-corrected chi connectivity index (χ0v) is 15.6. The summed E-state index contributed by atoms with van der Waals surface area (Å²) >= 11 is 1.89. The van der Waals surface area contributed by atoms with E-state index in [2.05, 4.69) is 24.3 Å². The largest absolute Gasteiger partial charge is 0.462 e. The number of esters is 1. The second kappa shape index (κ2) is 7.65. The number of allylic oxidation sites excluding steroid dienone is 3. The van der Waals surface area contributed by atoms with Crippen molar-refractivity contribution >= 4 is 35.8 Å². The van der Waals surface area contributed by atoms with Gasteiger partial charge in [-0.15, -0.1) is 24.2 Å². The van der Waals surface area contributed by atoms with Crippen LogP contribution in [-0.4, -0.2) is 34.8 Å². The SMILES string of the molecule is Cl.O=C(OC1CCCCCC1)C1CSC23C=CC=CC2=NCCC13. The second-order valence-electron chi connectivity index (χ2n) is 7.14. The van der Waals surface area contributed by atoms with Crippen LogP contribution >= 0.6 is 24.2 Å². The highest BCUT2D eigenvalue weighted by Gasteiger charge is 2.54. The fraction of sp³-hybridized carbons (Fsp3) is 0.684. The van der Waals surface area contributed by atoms with Crippen molar-refractivity contribution in [1.82, 2.24) is 0 Å². The number of ether oxygens (including phenoxy) is 1. The summed E-state index contributed by atoms with van der Waals surface area (Å²) in [6, 6.07) is 0. The monoisotopic (exact) mass is 367 g/mol. The highest BCUT2D eigenvalue weighted by atomic mass is 35.5. The summed E-state index contributed by atoms with van der Waals surface area (Å²) in [5, 5.41) is 0. The minimum Gasteiger partial charge on any atom is -0.462 e. The molecule has 0 aromatic heterocycles. The lowest BCUT2D eigenvalue weighted by atomic mass is 9.74. The van der Waals surface area contributed by atoms with Gasteiger partial charge in [-0.25, -0.2) is 0 Å². The third kappa shape index (κ3) is 3.20. The number of rotatable bonds is 2. The van der Waals surface area contributed by atoms with Gasteiger partial charge < -0.3 is 4.74 Å². The van der Waals surface area contributed by atoms with Gasteiger partial charge >= 0.3 is 5.97 Å². The predicted molar refractivity (Wildman–Crippen MR) is 102 cm³/mol. The van der Waals surface area contributed by atoms with E-state index in [1.807, 2.05) is 11.8 Å². The smallest absolute Gasteiger partial charge is 0.310 e. The molecule has 2 fully saturated rings. The normalized spacial score (nSPS) is 35.2. The van der Waals surface area contributed by atoms with E-state index in [0.717, 1.165) is 37.3 Å². The third-order valence-electron chi connectivity index (χ3n) is 5.76. The van der Waals surface area contributed by atoms with E-state index in [-0.39, 0.29) is 35.1 Å². The zero-order chi connectivity index (χ0) is 15.7. The molecule has 0 amide bonds. The van der Waals surface area contributed by atoms with Gasteiger partial charge in [0.15, 0.2) is 0 Å². The average molecular weight is 368 g/mol. The van der Waals surface area contributed by atoms with Gasteiger partial charge in [0.25, 0.3) is 0 Å². The number of aliphatic imine (C=N–C) groups is 1. The molecule has 3 unspecified atom stereocenters. The molecular formula is C19H26ClNO2S. The van der Waals surface area contributed by atoms with Crippen LogP contribution in [0.1, 0.15) is 44.9 Å². The highest BCUT2D eigenvalue weighted by molar-refractivity contribution is 8.02. The van der Waals surface area contributed by atoms with E-state index in [9.17, 15) is 4.79 Å². The molecule has 3 nitrogen and oxygen atoms in total. The van der Waals surface area contributed by atoms with Gasteiger partial charge in [0.2, 0.25) is 0 Å². The number of thioether (sulfide) groups is 1. The summed E-state index contributed by atoms with van der Waals surface area (Å²) in [5.41, 5.74) is 1.16. The molecule has 1 spiro atoms. The molecule has 0 radical (unpaired) electrons. The molecule has 4 rings (SSSR count). The van der Waals surface area contributed by atoms with Crippen LogP contribution in [0, 0.1) is 11.8 Å². The number of halogens is 1. The Balaban J connectivity index is 0.00000169. The number of nitrogens with zero attached hydrogens (tertiary/aromatic N) is 1. The first kappa shape index (κ1) is 18.1. The van der Waals surface area contributed by atoms with Gasteiger partial charge in [-0.2, -0.15) is 0 Å². The Bertz CT molecular complexity index is 566. The molecule has 1 saturated carbocycles. The predicted octanol–water partition coefficient (Wildman–Crippen LogP) is 4.36. The number of hydrogen-bond acceptors (Lipinski definition) is 4. The Morgan fingerprint density at radius 2 is 1.96 bits per heavy atom. The number of carbonyl (C=O) groups is 1. The van der Waals surface area contributed by atoms with Gasteiger partial charge in [-0.05, 0) is 44.1 Å². The molecule has 24 heavy (non-hydrogen) atoms. The number of hydrogen-bond donors (Lipinski definition) is 0. The van der Waals surface area contributed by atoms with E-state index in [4.69, 9.17) is 9.73 Å². The Morgan fingerprint density at radius 1 is 1.17 bits per heavy atom. The molecule has 0 aromatic carbocycles. The van der Waals surface area contributed by atoms with Crippen LogP contribution in [0.2, 0.25) is 0 Å². The molecule has 4 aliphatic rings. The first-order chi connectivity index (χ1) is 11.3. The summed E-state index contributed by atoms with van der Waals surface area (Å²) in [7, 11) is 0. The highest BCUT2D eigenvalue weighted by Crippen LogP contribution is 2.53. The Morgan fingerprint density at radius 3 is 2.75 bits per heavy atom. The summed E-state index contributed by atoms with van der Waals surface area (Å²) < 4.78 is 5.88. The van der Waals surface area contributed by atoms with Gasteiger partial charge in [0.05, 0.1) is 16.4 Å². The molecule has 0 bridgehead atoms. The second-order valence-corrected chi connectivity index (χ2v) is 8.44. The van der Waals surface area contributed by atoms with Crippen molar-refractivity contribution in [2.24, 2.45) is 16.8 Å². The topological polar surface area (TPSA) is 38.7 Å². The maximum absolute atomic E-state index is 12.8. The average Bonchev–Trinajstić information content (AvgIpc) is 2.75. The molecule has 5 heteroatoms. The molecule has 0 aromatic rings. The van der Waals surface area contributed by atoms with Gasteiger partial charge in [0.1, 0.15) is 6.10 Å². The third-order valence-corrected chi connectivity index (χ3v) is 7.41. The Hall–Kier alpha value is -0.740. The van der Waals surface area contributed by atoms with Gasteiger partial charge in [-0.1, -0.05) is 31.1 Å². The van der Waals surface area contributed by atoms with Crippen molar-refractivity contribution in [3.8, 4) is 0 Å². The van der Waals surface area contributed by atoms with E-state index < -0.39 is 0 Å². The van der Waals surface area contributed by atoms with Crippen LogP contribution < -0.4 is 0 Å². The molecule has 2 aliphatic heterocycles. The summed E-state index contributed by atoms with van der Waals surface area (Å²) in [5.74, 6) is 1.30. The van der Waals surface area contributed by atoms with E-state index in [0.29, 0.717) is 5.92 Å². The van der Waals surface area contributed by atoms with Gasteiger partial charge in [0, 0.05) is 12.3 Å². The van der Waals surface area contributed by atoms with Crippen molar-refractivity contribution < 1.29 is 9.53 Å². The van der Waals surface area contributed by atoms with E-state index >= 15 is 0 Å². The summed E-state index contributed by atoms with van der Waals surface area (Å²) in [6.45, 7) is 0.841. The quantitative estimate of drug-likeness (QED) is 0.537. The van der Waals surface area contributed by atoms with Gasteiger partial charge in [-0.3, -0.25) is 9.79 Å². The fourth-order valence-corrected chi connectivity index (χ4v) is 6.28. The Kier molecular flexibility index (Phi) is 5.76. The van der Waals surface area contributed by atoms with E-state index in [1.165, 1.54) is 25.7 Å². The molecular weight excluding hydrogens is 342 g/mol. The molecule has 132 valence electrons. The molecule has 0 N–H and O–H groups in total. The van der Waals surface area contributed by atoms with Crippen molar-refractivity contribution in [1.29, 1.82) is 0 Å². The maximum atomic E-state index is 12.8. The van der Waals surface area contributed by atoms with Crippen LogP contribution in [0.5, 0.6) is 0 Å². The number of carbonyl (C=O) groups excluding carboxylic acids is 1. The molecule has 1 saturated heterocycles. The maximum Gasteiger partial charge on any atom is 0.310 e. The van der Waals surface area contributed by atoms with Crippen LogP contribution in [-0.2, 0) is 9.53 Å². The lowest BCUT2D eigenvalue weighted by Crippen LogP contribution is -2.45. The van der Waals surface area contributed by atoms with Crippen LogP contribution in [0.15, 0.2) is 29.3 Å². The lowest BCUT2D eigenvalue weighted by Gasteiger charge is -2.38. The molecule has 2 aliphatic carbocycles. The molecule has 3 atom stereocenters. The van der Waals surface area contributed by atoms with Crippen LogP contribution in [0.3, 0.4) is 0 Å².